The van der Waals surface area contributed by atoms with Gasteiger partial charge in [0.1, 0.15) is 11.4 Å². The van der Waals surface area contributed by atoms with Crippen LogP contribution in [0.25, 0.3) is 75.4 Å². The van der Waals surface area contributed by atoms with Crippen molar-refractivity contribution in [2.45, 2.75) is 32.9 Å². The summed E-state index contributed by atoms with van der Waals surface area (Å²) in [5.74, 6) is -0.301. The molecule has 10 aromatic rings. The average Bonchev–Trinajstić information content (AvgIpc) is 3.81. The van der Waals surface area contributed by atoms with E-state index in [1.54, 1.807) is 53.8 Å². The summed E-state index contributed by atoms with van der Waals surface area (Å²) in [5.41, 5.74) is 4.45. The van der Waals surface area contributed by atoms with E-state index in [0.29, 0.717) is 28.0 Å². The first-order valence-corrected chi connectivity index (χ1v) is 22.3. The Morgan fingerprint density at radius 2 is 1.59 bits per heavy atom. The number of pyridine rings is 2. The van der Waals surface area contributed by atoms with Crippen molar-refractivity contribution < 1.29 is 35.8 Å². The number of rotatable bonds is 5. The smallest absolute Gasteiger partial charge is 0.126 e. The number of aryl methyl sites for hydroxylation is 1. The van der Waals surface area contributed by atoms with E-state index in [2.05, 4.69) is 72.1 Å². The molecule has 0 bridgehead atoms. The zero-order valence-corrected chi connectivity index (χ0v) is 34.9. The van der Waals surface area contributed by atoms with Crippen LogP contribution in [0, 0.1) is 24.8 Å². The second-order valence-electron chi connectivity index (χ2n) is 14.5. The summed E-state index contributed by atoms with van der Waals surface area (Å²) in [6.45, 7) is 4.39. The largest absolute Gasteiger partial charge is 0.500 e. The Balaban J connectivity index is 0.000000179. The normalized spacial score (nSPS) is 13.4. The van der Waals surface area contributed by atoms with Crippen molar-refractivity contribution in [3.63, 3.8) is 0 Å². The molecular weight excluding hydrogens is 904 g/mol. The molecule has 3 nitrogen and oxygen atoms in total. The molecule has 7 heteroatoms. The van der Waals surface area contributed by atoms with E-state index < -0.39 is 21.3 Å². The number of hydrogen-bond acceptors (Lipinski definition) is 4. The Kier molecular flexibility index (Phi) is 8.72. The fraction of sp³-hybridized carbons (Fsp3) is 0.102. The van der Waals surface area contributed by atoms with Crippen LogP contribution in [0.2, 0.25) is 19.6 Å². The molecule has 10 rings (SSSR count). The van der Waals surface area contributed by atoms with Gasteiger partial charge in [0.2, 0.25) is 0 Å². The molecule has 0 aliphatic heterocycles. The molecule has 0 spiro atoms. The fourth-order valence-corrected chi connectivity index (χ4v) is 9.03. The van der Waals surface area contributed by atoms with Gasteiger partial charge in [0.15, 0.2) is 0 Å². The monoisotopic (exact) mass is 946 g/mol. The molecule has 4 aromatic heterocycles. The molecule has 1 radical (unpaired) electrons. The SMILES string of the molecule is C[Si](C)(C)c1ccc(-c2[c-]ccc3c2oc2cc(F)ccc23)nc1.[2H]C([2H])([2H])c1cnc(-c2[c-]cc3sc4ccc5ccccc5c4c3c2)cc1C([2H])([2H])c1ccccc1.[Ir]. The molecule has 0 unspecified atom stereocenters. The average molecular weight is 946 g/mol. The second kappa shape index (κ2) is 15.3. The molecule has 6 aromatic carbocycles. The predicted molar refractivity (Wildman–Crippen MR) is 232 cm³/mol. The van der Waals surface area contributed by atoms with Crippen molar-refractivity contribution in [3.05, 3.63) is 174 Å². The van der Waals surface area contributed by atoms with E-state index in [1.807, 2.05) is 48.7 Å². The Morgan fingerprint density at radius 1 is 0.768 bits per heavy atom. The number of benzene rings is 6. The van der Waals surface area contributed by atoms with Crippen LogP contribution in [-0.2, 0) is 26.5 Å². The molecule has 0 aliphatic carbocycles. The van der Waals surface area contributed by atoms with Crippen LogP contribution < -0.4 is 5.19 Å². The van der Waals surface area contributed by atoms with Gasteiger partial charge in [0.25, 0.3) is 0 Å². The molecule has 0 saturated heterocycles. The Hall–Kier alpha value is -5.30. The quantitative estimate of drug-likeness (QED) is 0.127. The third kappa shape index (κ3) is 7.24. The number of furan rings is 1. The molecule has 0 N–H and O–H groups in total. The van der Waals surface area contributed by atoms with Crippen molar-refractivity contribution in [2.75, 3.05) is 0 Å². The first-order valence-electron chi connectivity index (χ1n) is 20.5. The van der Waals surface area contributed by atoms with Crippen molar-refractivity contribution >= 4 is 77.5 Å². The summed E-state index contributed by atoms with van der Waals surface area (Å²) < 4.78 is 63.4. The minimum absolute atomic E-state index is 0. The third-order valence-electron chi connectivity index (χ3n) is 9.81. The first-order chi connectivity index (χ1) is 28.7. The summed E-state index contributed by atoms with van der Waals surface area (Å²) >= 11 is 1.70. The Morgan fingerprint density at radius 3 is 2.39 bits per heavy atom. The number of aromatic nitrogens is 2. The topological polar surface area (TPSA) is 38.9 Å². The number of hydrogen-bond donors (Lipinski definition) is 0. The van der Waals surface area contributed by atoms with Crippen molar-refractivity contribution in [3.8, 4) is 22.5 Å². The molecule has 4 heterocycles. The first kappa shape index (κ1) is 31.9. The van der Waals surface area contributed by atoms with Gasteiger partial charge < -0.3 is 14.4 Å². The Bertz CT molecular complexity index is 3240. The molecule has 0 atom stereocenters. The standard InChI is InChI=1S/C29H20NS.C20H17FNOSi.Ir/c1-19-18-30-26(17-23(19)15-20-7-3-2-4-8-20)22-12-13-27-25(16-22)29-24-10-6-5-9-21(24)11-14-28(29)31-27;1-24(2,3)14-8-10-18(22-12-14)17-6-4-5-16-15-9-7-13(21)11-19(15)23-20(16)17;/h2-11,13-14,16-18H,15H2,1H3;4-5,7-12H,1-3H3;/q2*-1;/i1D3,15D2;;. The van der Waals surface area contributed by atoms with E-state index in [9.17, 15) is 4.39 Å². The maximum atomic E-state index is 13.5. The van der Waals surface area contributed by atoms with Gasteiger partial charge in [-0.2, -0.15) is 11.3 Å². The molecule has 0 fully saturated rings. The van der Waals surface area contributed by atoms with Crippen molar-refractivity contribution in [1.82, 2.24) is 9.97 Å². The molecule has 277 valence electrons. The zero-order chi connectivity index (χ0) is 42.0. The van der Waals surface area contributed by atoms with Crippen LogP contribution in [0.15, 0.2) is 144 Å². The van der Waals surface area contributed by atoms with Gasteiger partial charge in [-0.05, 0) is 85.5 Å². The number of halogens is 1. The van der Waals surface area contributed by atoms with E-state index in [1.165, 1.54) is 39.0 Å². The van der Waals surface area contributed by atoms with Crippen molar-refractivity contribution in [1.29, 1.82) is 0 Å². The van der Waals surface area contributed by atoms with Gasteiger partial charge in [-0.15, -0.1) is 42.0 Å². The molecular formula is C49H37FIrN2OSSi-2. The number of nitrogens with zero attached hydrogens (tertiary/aromatic N) is 2. The summed E-state index contributed by atoms with van der Waals surface area (Å²) in [6, 6.07) is 45.8. The van der Waals surface area contributed by atoms with Gasteiger partial charge in [0.05, 0.1) is 13.7 Å². The maximum absolute atomic E-state index is 13.5. The number of thiophene rings is 1. The van der Waals surface area contributed by atoms with Crippen LogP contribution in [0.5, 0.6) is 0 Å². The van der Waals surface area contributed by atoms with Crippen LogP contribution in [0.4, 0.5) is 4.39 Å². The summed E-state index contributed by atoms with van der Waals surface area (Å²) in [7, 11) is -1.38. The molecule has 0 amide bonds. The van der Waals surface area contributed by atoms with Gasteiger partial charge in [-0.3, -0.25) is 0 Å². The van der Waals surface area contributed by atoms with Crippen molar-refractivity contribution in [2.24, 2.45) is 0 Å². The molecule has 0 aliphatic rings. The maximum Gasteiger partial charge on any atom is 0.126 e. The molecule has 0 saturated carbocycles. The van der Waals surface area contributed by atoms with E-state index in [-0.39, 0.29) is 37.0 Å². The minimum Gasteiger partial charge on any atom is -0.500 e. The molecule has 56 heavy (non-hydrogen) atoms. The van der Waals surface area contributed by atoms with Crippen LogP contribution in [0.1, 0.15) is 23.5 Å². The van der Waals surface area contributed by atoms with Gasteiger partial charge in [-0.25, -0.2) is 4.39 Å². The second-order valence-corrected chi connectivity index (χ2v) is 20.7. The Labute approximate surface area is 351 Å². The van der Waals surface area contributed by atoms with Crippen LogP contribution in [-0.4, -0.2) is 18.0 Å². The fourth-order valence-electron chi connectivity index (χ4n) is 6.91. The van der Waals surface area contributed by atoms with Gasteiger partial charge in [0, 0.05) is 55.5 Å². The van der Waals surface area contributed by atoms with E-state index in [0.717, 1.165) is 37.5 Å². The van der Waals surface area contributed by atoms with E-state index in [4.69, 9.17) is 11.3 Å². The third-order valence-corrected chi connectivity index (χ3v) is 13.0. The van der Waals surface area contributed by atoms with Crippen LogP contribution in [0.3, 0.4) is 0 Å². The van der Waals surface area contributed by atoms with Gasteiger partial charge >= 0.3 is 0 Å². The van der Waals surface area contributed by atoms with Gasteiger partial charge in [-0.1, -0.05) is 115 Å². The zero-order valence-electron chi connectivity index (χ0n) is 35.7. The summed E-state index contributed by atoms with van der Waals surface area (Å²) in [4.78, 5) is 9.08. The predicted octanol–water partition coefficient (Wildman–Crippen LogP) is 13.1. The summed E-state index contributed by atoms with van der Waals surface area (Å²) in [6.07, 6.45) is 1.23. The number of fused-ring (bicyclic) bond motifs is 8. The minimum atomic E-state index is -2.50. The van der Waals surface area contributed by atoms with Crippen LogP contribution >= 0.6 is 11.3 Å². The summed E-state index contributed by atoms with van der Waals surface area (Å²) in [5, 5.41) is 7.75. The van der Waals surface area contributed by atoms with E-state index >= 15 is 0 Å².